The minimum atomic E-state index is -0.123. The molecule has 1 aromatic heterocycles. The van der Waals surface area contributed by atoms with E-state index in [2.05, 4.69) is 10.3 Å². The number of carbonyl (C=O) groups excluding carboxylic acids is 1. The van der Waals surface area contributed by atoms with Gasteiger partial charge in [-0.05, 0) is 42.7 Å². The van der Waals surface area contributed by atoms with Crippen LogP contribution in [0.25, 0.3) is 0 Å². The maximum atomic E-state index is 13.0. The topological polar surface area (TPSA) is 68.6 Å². The van der Waals surface area contributed by atoms with E-state index in [-0.39, 0.29) is 12.8 Å². The van der Waals surface area contributed by atoms with Gasteiger partial charge in [-0.15, -0.1) is 0 Å². The first kappa shape index (κ1) is 18.9. The molecular formula is C22H24N4O3. The van der Waals surface area contributed by atoms with Gasteiger partial charge < -0.3 is 24.3 Å². The summed E-state index contributed by atoms with van der Waals surface area (Å²) in [7, 11) is 0. The van der Waals surface area contributed by atoms with Gasteiger partial charge in [-0.3, -0.25) is 0 Å². The summed E-state index contributed by atoms with van der Waals surface area (Å²) in [5.74, 6) is 1.46. The molecule has 0 fully saturated rings. The Kier molecular flexibility index (Phi) is 5.65. The molecule has 2 amide bonds. The van der Waals surface area contributed by atoms with Crippen molar-refractivity contribution >= 4 is 11.7 Å². The highest BCUT2D eigenvalue weighted by Gasteiger charge is 2.18. The number of amides is 2. The molecule has 4 rings (SSSR count). The Hall–Kier alpha value is -3.48. The van der Waals surface area contributed by atoms with Crippen molar-refractivity contribution < 1.29 is 14.3 Å². The second-order valence-electron chi connectivity index (χ2n) is 7.01. The molecule has 1 aliphatic heterocycles. The van der Waals surface area contributed by atoms with Gasteiger partial charge in [0.1, 0.15) is 0 Å². The number of anilines is 1. The Morgan fingerprint density at radius 1 is 1.21 bits per heavy atom. The van der Waals surface area contributed by atoms with E-state index >= 15 is 0 Å². The van der Waals surface area contributed by atoms with E-state index in [9.17, 15) is 4.79 Å². The number of hydrogen-bond donors (Lipinski definition) is 1. The first-order valence-electron chi connectivity index (χ1n) is 9.65. The van der Waals surface area contributed by atoms with Gasteiger partial charge in [0.15, 0.2) is 11.5 Å². The molecule has 2 aromatic carbocycles. The molecule has 7 heteroatoms. The number of aryl methyl sites for hydroxylation is 2. The van der Waals surface area contributed by atoms with Crippen LogP contribution < -0.4 is 14.8 Å². The fourth-order valence-electron chi connectivity index (χ4n) is 3.28. The molecule has 7 nitrogen and oxygen atoms in total. The van der Waals surface area contributed by atoms with Crippen LogP contribution in [-0.4, -0.2) is 33.8 Å². The van der Waals surface area contributed by atoms with Gasteiger partial charge in [0.05, 0.1) is 6.33 Å². The third-order valence-electron chi connectivity index (χ3n) is 4.89. The molecule has 1 N–H and O–H groups in total. The quantitative estimate of drug-likeness (QED) is 0.659. The number of imidazole rings is 1. The number of nitrogens with zero attached hydrogens (tertiary/aromatic N) is 3. The zero-order valence-electron chi connectivity index (χ0n) is 16.4. The Balaban J connectivity index is 1.46. The van der Waals surface area contributed by atoms with E-state index in [1.165, 1.54) is 0 Å². The largest absolute Gasteiger partial charge is 0.454 e. The molecule has 0 aliphatic carbocycles. The second kappa shape index (κ2) is 8.68. The lowest BCUT2D eigenvalue weighted by Gasteiger charge is -2.24. The zero-order chi connectivity index (χ0) is 20.1. The number of ether oxygens (including phenoxy) is 2. The third-order valence-corrected chi connectivity index (χ3v) is 4.89. The SMILES string of the molecule is Cc1ccccc1NC(=O)N(CCCn1ccnc1)Cc1ccc2c(c1)OCO2. The molecule has 150 valence electrons. The molecule has 0 saturated carbocycles. The highest BCUT2D eigenvalue weighted by Crippen LogP contribution is 2.32. The van der Waals surface area contributed by atoms with E-state index < -0.39 is 0 Å². The lowest BCUT2D eigenvalue weighted by Crippen LogP contribution is -2.35. The van der Waals surface area contributed by atoms with Crippen molar-refractivity contribution in [2.75, 3.05) is 18.7 Å². The Morgan fingerprint density at radius 2 is 2.07 bits per heavy atom. The summed E-state index contributed by atoms with van der Waals surface area (Å²) in [4.78, 5) is 18.9. The highest BCUT2D eigenvalue weighted by molar-refractivity contribution is 5.90. The summed E-state index contributed by atoms with van der Waals surface area (Å²) >= 11 is 0. The van der Waals surface area contributed by atoms with Gasteiger partial charge in [0.2, 0.25) is 6.79 Å². The Labute approximate surface area is 169 Å². The van der Waals surface area contributed by atoms with Crippen LogP contribution in [0.15, 0.2) is 61.2 Å². The van der Waals surface area contributed by atoms with Crippen LogP contribution in [0.3, 0.4) is 0 Å². The van der Waals surface area contributed by atoms with Gasteiger partial charge >= 0.3 is 6.03 Å². The van der Waals surface area contributed by atoms with Crippen molar-refractivity contribution in [1.82, 2.24) is 14.5 Å². The van der Waals surface area contributed by atoms with Gasteiger partial charge in [-0.2, -0.15) is 0 Å². The highest BCUT2D eigenvalue weighted by atomic mass is 16.7. The number of benzene rings is 2. The molecule has 3 aromatic rings. The minimum Gasteiger partial charge on any atom is -0.454 e. The molecule has 0 unspecified atom stereocenters. The molecule has 1 aliphatic rings. The summed E-state index contributed by atoms with van der Waals surface area (Å²) in [5.41, 5.74) is 2.85. The first-order valence-corrected chi connectivity index (χ1v) is 9.65. The van der Waals surface area contributed by atoms with E-state index in [0.29, 0.717) is 13.1 Å². The van der Waals surface area contributed by atoms with Crippen LogP contribution >= 0.6 is 0 Å². The summed E-state index contributed by atoms with van der Waals surface area (Å²) in [6.45, 7) is 4.12. The van der Waals surface area contributed by atoms with Crippen molar-refractivity contribution in [2.24, 2.45) is 0 Å². The molecule has 0 atom stereocenters. The number of hydrogen-bond acceptors (Lipinski definition) is 4. The standard InChI is InChI=1S/C22H24N4O3/c1-17-5-2-3-6-19(17)24-22(27)26(11-4-10-25-12-9-23-15-25)14-18-7-8-20-21(13-18)29-16-28-20/h2-3,5-9,12-13,15H,4,10-11,14,16H2,1H3,(H,24,27). The van der Waals surface area contributed by atoms with Crippen molar-refractivity contribution in [3.8, 4) is 11.5 Å². The van der Waals surface area contributed by atoms with Crippen LogP contribution in [-0.2, 0) is 13.1 Å². The molecule has 0 bridgehead atoms. The van der Waals surface area contributed by atoms with Crippen LogP contribution in [0.4, 0.5) is 10.5 Å². The number of urea groups is 1. The van der Waals surface area contributed by atoms with Gasteiger partial charge in [-0.25, -0.2) is 9.78 Å². The second-order valence-corrected chi connectivity index (χ2v) is 7.01. The van der Waals surface area contributed by atoms with Crippen molar-refractivity contribution in [1.29, 1.82) is 0 Å². The van der Waals surface area contributed by atoms with Crippen molar-refractivity contribution in [2.45, 2.75) is 26.4 Å². The first-order chi connectivity index (χ1) is 14.2. The lowest BCUT2D eigenvalue weighted by atomic mass is 10.2. The van der Waals surface area contributed by atoms with E-state index in [0.717, 1.165) is 41.3 Å². The summed E-state index contributed by atoms with van der Waals surface area (Å²) in [6.07, 6.45) is 6.29. The number of nitrogens with one attached hydrogen (secondary N) is 1. The number of carbonyl (C=O) groups is 1. The number of rotatable bonds is 7. The molecule has 2 heterocycles. The zero-order valence-corrected chi connectivity index (χ0v) is 16.4. The predicted molar refractivity (Wildman–Crippen MR) is 110 cm³/mol. The smallest absolute Gasteiger partial charge is 0.322 e. The average Bonchev–Trinajstić information content (AvgIpc) is 3.40. The number of para-hydroxylation sites is 1. The fraction of sp³-hybridized carbons (Fsp3) is 0.273. The minimum absolute atomic E-state index is 0.123. The van der Waals surface area contributed by atoms with Gasteiger partial charge in [-0.1, -0.05) is 24.3 Å². The summed E-state index contributed by atoms with van der Waals surface area (Å²) in [5, 5.41) is 3.04. The molecule has 0 saturated heterocycles. The molecule has 0 radical (unpaired) electrons. The van der Waals surface area contributed by atoms with Gasteiger partial charge in [0, 0.05) is 37.7 Å². The normalized spacial score (nSPS) is 12.0. The molecule has 29 heavy (non-hydrogen) atoms. The van der Waals surface area contributed by atoms with Crippen LogP contribution in [0, 0.1) is 6.92 Å². The number of fused-ring (bicyclic) bond motifs is 1. The monoisotopic (exact) mass is 392 g/mol. The van der Waals surface area contributed by atoms with Gasteiger partial charge in [0.25, 0.3) is 0 Å². The van der Waals surface area contributed by atoms with E-state index in [4.69, 9.17) is 9.47 Å². The van der Waals surface area contributed by atoms with Crippen LogP contribution in [0.1, 0.15) is 17.5 Å². The maximum absolute atomic E-state index is 13.0. The summed E-state index contributed by atoms with van der Waals surface area (Å²) in [6, 6.07) is 13.4. The predicted octanol–water partition coefficient (Wildman–Crippen LogP) is 4.04. The molecule has 0 spiro atoms. The van der Waals surface area contributed by atoms with Crippen LogP contribution in [0.2, 0.25) is 0 Å². The van der Waals surface area contributed by atoms with Crippen molar-refractivity contribution in [3.63, 3.8) is 0 Å². The summed E-state index contributed by atoms with van der Waals surface area (Å²) < 4.78 is 12.9. The fourth-order valence-corrected chi connectivity index (χ4v) is 3.28. The third kappa shape index (κ3) is 4.68. The Morgan fingerprint density at radius 3 is 2.90 bits per heavy atom. The average molecular weight is 392 g/mol. The van der Waals surface area contributed by atoms with E-state index in [1.54, 1.807) is 12.5 Å². The van der Waals surface area contributed by atoms with Crippen molar-refractivity contribution in [3.05, 3.63) is 72.3 Å². The lowest BCUT2D eigenvalue weighted by molar-refractivity contribution is 0.174. The maximum Gasteiger partial charge on any atom is 0.322 e. The number of aromatic nitrogens is 2. The van der Waals surface area contributed by atoms with Crippen LogP contribution in [0.5, 0.6) is 11.5 Å². The Bertz CT molecular complexity index is 972. The molecular weight excluding hydrogens is 368 g/mol. The van der Waals surface area contributed by atoms with E-state index in [1.807, 2.05) is 65.1 Å².